The highest BCUT2D eigenvalue weighted by Crippen LogP contribution is 2.09. The first-order valence-electron chi connectivity index (χ1n) is 5.53. The van der Waals surface area contributed by atoms with Crippen molar-refractivity contribution in [1.29, 1.82) is 0 Å². The molecule has 1 rings (SSSR count). The number of carbonyl (C=O) groups is 2. The van der Waals surface area contributed by atoms with Crippen LogP contribution in [0.4, 0.5) is 0 Å². The second-order valence-corrected chi connectivity index (χ2v) is 3.92. The summed E-state index contributed by atoms with van der Waals surface area (Å²) in [4.78, 5) is 22.0. The van der Waals surface area contributed by atoms with E-state index in [9.17, 15) is 9.59 Å². The van der Waals surface area contributed by atoms with Crippen LogP contribution in [0.3, 0.4) is 0 Å². The van der Waals surface area contributed by atoms with Crippen LogP contribution in [0.5, 0.6) is 0 Å². The summed E-state index contributed by atoms with van der Waals surface area (Å²) < 4.78 is 5.09. The van der Waals surface area contributed by atoms with Crippen LogP contribution in [0, 0.1) is 5.92 Å². The molecule has 0 heterocycles. The van der Waals surface area contributed by atoms with Gasteiger partial charge in [0.1, 0.15) is 6.61 Å². The maximum Gasteiger partial charge on any atom is 0.335 e. The zero-order chi connectivity index (χ0) is 12.8. The first-order chi connectivity index (χ1) is 8.04. The second-order valence-electron chi connectivity index (χ2n) is 3.92. The summed E-state index contributed by atoms with van der Waals surface area (Å²) in [5.41, 5.74) is 1.01. The van der Waals surface area contributed by atoms with Crippen molar-refractivity contribution >= 4 is 11.9 Å². The minimum absolute atomic E-state index is 0.103. The Morgan fingerprint density at radius 3 is 2.35 bits per heavy atom. The summed E-state index contributed by atoms with van der Waals surface area (Å²) in [6.07, 6.45) is 0.747. The Kier molecular flexibility index (Phi) is 4.69. The van der Waals surface area contributed by atoms with E-state index in [-0.39, 0.29) is 24.1 Å². The lowest BCUT2D eigenvalue weighted by molar-refractivity contribution is -0.149. The lowest BCUT2D eigenvalue weighted by Gasteiger charge is -2.09. The van der Waals surface area contributed by atoms with Gasteiger partial charge in [-0.25, -0.2) is 4.79 Å². The molecule has 1 aromatic rings. The van der Waals surface area contributed by atoms with Gasteiger partial charge in [0.05, 0.1) is 11.5 Å². The van der Waals surface area contributed by atoms with E-state index in [0.717, 1.165) is 12.0 Å². The molecule has 0 amide bonds. The molecule has 0 fully saturated rings. The van der Waals surface area contributed by atoms with Crippen molar-refractivity contribution in [3.05, 3.63) is 35.4 Å². The molecule has 17 heavy (non-hydrogen) atoms. The number of ether oxygens (including phenoxy) is 1. The fourth-order valence-electron chi connectivity index (χ4n) is 1.21. The summed E-state index contributed by atoms with van der Waals surface area (Å²) in [6, 6.07) is 6.28. The van der Waals surface area contributed by atoms with Gasteiger partial charge < -0.3 is 9.84 Å². The van der Waals surface area contributed by atoms with Gasteiger partial charge in [0.25, 0.3) is 0 Å². The summed E-state index contributed by atoms with van der Waals surface area (Å²) in [6.45, 7) is 3.92. The van der Waals surface area contributed by atoms with E-state index < -0.39 is 5.97 Å². The molecule has 1 atom stereocenters. The van der Waals surface area contributed by atoms with Gasteiger partial charge in [-0.05, 0) is 24.1 Å². The van der Waals surface area contributed by atoms with E-state index in [2.05, 4.69) is 0 Å². The van der Waals surface area contributed by atoms with Crippen LogP contribution in [-0.2, 0) is 16.1 Å². The number of aromatic carboxylic acids is 1. The molecule has 4 heteroatoms. The monoisotopic (exact) mass is 236 g/mol. The molecule has 0 aliphatic carbocycles. The van der Waals surface area contributed by atoms with Crippen molar-refractivity contribution in [2.45, 2.75) is 26.9 Å². The minimum atomic E-state index is -0.965. The van der Waals surface area contributed by atoms with Crippen molar-refractivity contribution in [3.8, 4) is 0 Å². The molecule has 1 aromatic carbocycles. The largest absolute Gasteiger partial charge is 0.478 e. The third-order valence-corrected chi connectivity index (χ3v) is 2.60. The summed E-state index contributed by atoms with van der Waals surface area (Å²) >= 11 is 0. The lowest BCUT2D eigenvalue weighted by Crippen LogP contribution is -2.13. The van der Waals surface area contributed by atoms with Crippen LogP contribution < -0.4 is 0 Å². The zero-order valence-corrected chi connectivity index (χ0v) is 9.97. The van der Waals surface area contributed by atoms with Crippen molar-refractivity contribution in [2.75, 3.05) is 0 Å². The van der Waals surface area contributed by atoms with E-state index in [4.69, 9.17) is 9.84 Å². The quantitative estimate of drug-likeness (QED) is 0.798. The van der Waals surface area contributed by atoms with E-state index >= 15 is 0 Å². The highest BCUT2D eigenvalue weighted by molar-refractivity contribution is 5.87. The fourth-order valence-corrected chi connectivity index (χ4v) is 1.21. The number of benzene rings is 1. The van der Waals surface area contributed by atoms with E-state index in [0.29, 0.717) is 0 Å². The van der Waals surface area contributed by atoms with Gasteiger partial charge >= 0.3 is 11.9 Å². The average molecular weight is 236 g/mol. The molecule has 0 bridgehead atoms. The van der Waals surface area contributed by atoms with Gasteiger partial charge in [-0.2, -0.15) is 0 Å². The first kappa shape index (κ1) is 13.2. The van der Waals surface area contributed by atoms with Crippen LogP contribution in [0.2, 0.25) is 0 Å². The number of hydrogen-bond donors (Lipinski definition) is 1. The topological polar surface area (TPSA) is 63.6 Å². The molecule has 1 unspecified atom stereocenters. The van der Waals surface area contributed by atoms with Crippen LogP contribution in [0.1, 0.15) is 36.2 Å². The molecule has 0 aliphatic rings. The molecule has 0 radical (unpaired) electrons. The van der Waals surface area contributed by atoms with Crippen LogP contribution in [0.25, 0.3) is 0 Å². The third kappa shape index (κ3) is 3.90. The minimum Gasteiger partial charge on any atom is -0.478 e. The van der Waals surface area contributed by atoms with Gasteiger partial charge in [-0.3, -0.25) is 4.79 Å². The van der Waals surface area contributed by atoms with Crippen molar-refractivity contribution in [3.63, 3.8) is 0 Å². The predicted octanol–water partition coefficient (Wildman–Crippen LogP) is 2.47. The van der Waals surface area contributed by atoms with Gasteiger partial charge in [0.15, 0.2) is 0 Å². The Morgan fingerprint density at radius 1 is 1.29 bits per heavy atom. The van der Waals surface area contributed by atoms with E-state index in [1.807, 2.05) is 13.8 Å². The molecule has 92 valence electrons. The lowest BCUT2D eigenvalue weighted by atomic mass is 10.1. The number of carboxylic acid groups (broad SMARTS) is 1. The zero-order valence-electron chi connectivity index (χ0n) is 9.97. The Balaban J connectivity index is 2.53. The highest BCUT2D eigenvalue weighted by atomic mass is 16.5. The maximum absolute atomic E-state index is 11.4. The number of rotatable bonds is 5. The molecule has 0 aliphatic heterocycles. The number of carbonyl (C=O) groups excluding carboxylic acids is 1. The van der Waals surface area contributed by atoms with Gasteiger partial charge in [0, 0.05) is 0 Å². The summed E-state index contributed by atoms with van der Waals surface area (Å²) in [5.74, 6) is -1.30. The molecular formula is C13H16O4. The first-order valence-corrected chi connectivity index (χ1v) is 5.53. The molecule has 4 nitrogen and oxygen atoms in total. The van der Waals surface area contributed by atoms with Crippen molar-refractivity contribution in [2.24, 2.45) is 5.92 Å². The van der Waals surface area contributed by atoms with Gasteiger partial charge in [-0.15, -0.1) is 0 Å². The highest BCUT2D eigenvalue weighted by Gasteiger charge is 2.11. The van der Waals surface area contributed by atoms with Crippen molar-refractivity contribution in [1.82, 2.24) is 0 Å². The van der Waals surface area contributed by atoms with Crippen LogP contribution in [0.15, 0.2) is 24.3 Å². The Morgan fingerprint density at radius 2 is 1.88 bits per heavy atom. The maximum atomic E-state index is 11.4. The van der Waals surface area contributed by atoms with Gasteiger partial charge in [0.2, 0.25) is 0 Å². The number of hydrogen-bond acceptors (Lipinski definition) is 3. The number of esters is 1. The smallest absolute Gasteiger partial charge is 0.335 e. The summed E-state index contributed by atoms with van der Waals surface area (Å²) in [5, 5.41) is 8.71. The fraction of sp³-hybridized carbons (Fsp3) is 0.385. The SMILES string of the molecule is CCC(C)C(=O)OCc1ccc(C(=O)O)cc1. The number of carboxylic acids is 1. The van der Waals surface area contributed by atoms with Crippen molar-refractivity contribution < 1.29 is 19.4 Å². The standard InChI is InChI=1S/C13H16O4/c1-3-9(2)13(16)17-8-10-4-6-11(7-5-10)12(14)15/h4-7,9H,3,8H2,1-2H3,(H,14,15). The van der Waals surface area contributed by atoms with Gasteiger partial charge in [-0.1, -0.05) is 26.0 Å². The second kappa shape index (κ2) is 6.03. The molecule has 0 saturated heterocycles. The van der Waals surface area contributed by atoms with Crippen LogP contribution >= 0.6 is 0 Å². The molecule has 0 saturated carbocycles. The Bertz CT molecular complexity index is 394. The normalized spacial score (nSPS) is 11.9. The molecule has 1 N–H and O–H groups in total. The van der Waals surface area contributed by atoms with E-state index in [1.165, 1.54) is 12.1 Å². The van der Waals surface area contributed by atoms with Crippen LogP contribution in [-0.4, -0.2) is 17.0 Å². The molecular weight excluding hydrogens is 220 g/mol. The molecule has 0 aromatic heterocycles. The Hall–Kier alpha value is -1.84. The molecule has 0 spiro atoms. The van der Waals surface area contributed by atoms with E-state index in [1.54, 1.807) is 12.1 Å². The Labute approximate surface area is 100 Å². The summed E-state index contributed by atoms with van der Waals surface area (Å²) in [7, 11) is 0. The average Bonchev–Trinajstić information content (AvgIpc) is 2.35. The third-order valence-electron chi connectivity index (χ3n) is 2.60. The predicted molar refractivity (Wildman–Crippen MR) is 62.7 cm³/mol.